The minimum absolute atomic E-state index is 0.0221. The number of nitrogens with zero attached hydrogens (tertiary/aromatic N) is 3. The molecule has 0 radical (unpaired) electrons. The van der Waals surface area contributed by atoms with Crippen LogP contribution in [0.15, 0.2) is 47.4 Å². The van der Waals surface area contributed by atoms with Gasteiger partial charge in [0.15, 0.2) is 5.65 Å². The molecule has 4 rings (SSSR count). The molecule has 0 saturated carbocycles. The van der Waals surface area contributed by atoms with E-state index in [2.05, 4.69) is 15.3 Å². The first-order valence-corrected chi connectivity index (χ1v) is 9.16. The molecular formula is C20H19F3N4O. The lowest BCUT2D eigenvalue weighted by Crippen LogP contribution is -2.27. The molecule has 1 saturated heterocycles. The van der Waals surface area contributed by atoms with E-state index in [1.807, 2.05) is 0 Å². The van der Waals surface area contributed by atoms with Crippen LogP contribution in [0.3, 0.4) is 0 Å². The van der Waals surface area contributed by atoms with E-state index in [1.165, 1.54) is 28.8 Å². The van der Waals surface area contributed by atoms with E-state index in [1.54, 1.807) is 12.3 Å². The maximum Gasteiger partial charge on any atom is 0.416 e. The average molecular weight is 388 g/mol. The summed E-state index contributed by atoms with van der Waals surface area (Å²) in [4.78, 5) is 21.4. The molecule has 5 nitrogen and oxygen atoms in total. The number of piperidine rings is 1. The summed E-state index contributed by atoms with van der Waals surface area (Å²) in [5.74, 6) is 0.296. The van der Waals surface area contributed by atoms with Crippen molar-refractivity contribution in [2.24, 2.45) is 0 Å². The second-order valence-corrected chi connectivity index (χ2v) is 6.94. The lowest BCUT2D eigenvalue weighted by molar-refractivity contribution is -0.138. The summed E-state index contributed by atoms with van der Waals surface area (Å²) in [6.45, 7) is 1.61. The van der Waals surface area contributed by atoms with Crippen LogP contribution in [0, 0.1) is 0 Å². The Labute approximate surface area is 159 Å². The van der Waals surface area contributed by atoms with Crippen LogP contribution in [-0.4, -0.2) is 27.6 Å². The average Bonchev–Trinajstić information content (AvgIpc) is 2.70. The zero-order valence-electron chi connectivity index (χ0n) is 15.0. The second kappa shape index (κ2) is 7.35. The summed E-state index contributed by atoms with van der Waals surface area (Å²) in [6, 6.07) is 8.18. The third-order valence-corrected chi connectivity index (χ3v) is 5.11. The van der Waals surface area contributed by atoms with E-state index in [-0.39, 0.29) is 12.1 Å². The molecule has 3 heterocycles. The lowest BCUT2D eigenvalue weighted by Gasteiger charge is -2.22. The molecular weight excluding hydrogens is 369 g/mol. The fourth-order valence-corrected chi connectivity index (χ4v) is 3.65. The Morgan fingerprint density at radius 1 is 1.11 bits per heavy atom. The number of benzene rings is 1. The van der Waals surface area contributed by atoms with Gasteiger partial charge in [-0.2, -0.15) is 13.2 Å². The number of fused-ring (bicyclic) bond motifs is 1. The van der Waals surface area contributed by atoms with Gasteiger partial charge in [-0.05, 0) is 43.6 Å². The van der Waals surface area contributed by atoms with E-state index >= 15 is 0 Å². The highest BCUT2D eigenvalue weighted by Gasteiger charge is 2.33. The predicted molar refractivity (Wildman–Crippen MR) is 99.2 cm³/mol. The Bertz CT molecular complexity index is 1060. The molecule has 1 N–H and O–H groups in total. The first kappa shape index (κ1) is 18.6. The summed E-state index contributed by atoms with van der Waals surface area (Å²) in [7, 11) is 0. The molecule has 1 aromatic carbocycles. The van der Waals surface area contributed by atoms with E-state index in [0.29, 0.717) is 17.1 Å². The van der Waals surface area contributed by atoms with Crippen molar-refractivity contribution < 1.29 is 13.2 Å². The normalized spacial score (nSPS) is 15.8. The summed E-state index contributed by atoms with van der Waals surface area (Å²) >= 11 is 0. The molecule has 146 valence electrons. The van der Waals surface area contributed by atoms with Crippen LogP contribution in [0.5, 0.6) is 0 Å². The first-order chi connectivity index (χ1) is 13.4. The summed E-state index contributed by atoms with van der Waals surface area (Å²) < 4.78 is 41.2. The summed E-state index contributed by atoms with van der Waals surface area (Å²) in [5, 5.41) is 3.30. The van der Waals surface area contributed by atoms with Gasteiger partial charge in [0.05, 0.1) is 24.0 Å². The van der Waals surface area contributed by atoms with Gasteiger partial charge in [-0.1, -0.05) is 18.2 Å². The number of hydrogen-bond donors (Lipinski definition) is 1. The third-order valence-electron chi connectivity index (χ3n) is 5.11. The molecule has 3 aromatic rings. The van der Waals surface area contributed by atoms with Crippen molar-refractivity contribution in [3.8, 4) is 0 Å². The molecule has 1 fully saturated rings. The lowest BCUT2D eigenvalue weighted by atomic mass is 9.95. The molecule has 28 heavy (non-hydrogen) atoms. The van der Waals surface area contributed by atoms with Gasteiger partial charge >= 0.3 is 6.18 Å². The predicted octanol–water partition coefficient (Wildman–Crippen LogP) is 3.33. The minimum Gasteiger partial charge on any atom is -0.317 e. The maximum absolute atomic E-state index is 13.3. The second-order valence-electron chi connectivity index (χ2n) is 6.94. The van der Waals surface area contributed by atoms with Crippen LogP contribution in [-0.2, 0) is 12.7 Å². The van der Waals surface area contributed by atoms with Crippen molar-refractivity contribution in [1.29, 1.82) is 0 Å². The van der Waals surface area contributed by atoms with Crippen molar-refractivity contribution in [1.82, 2.24) is 19.9 Å². The van der Waals surface area contributed by atoms with Gasteiger partial charge in [-0.15, -0.1) is 0 Å². The number of pyridine rings is 1. The topological polar surface area (TPSA) is 59.8 Å². The number of aromatic nitrogens is 3. The smallest absolute Gasteiger partial charge is 0.317 e. The summed E-state index contributed by atoms with van der Waals surface area (Å²) in [5.41, 5.74) is 0.526. The fourth-order valence-electron chi connectivity index (χ4n) is 3.65. The molecule has 0 atom stereocenters. The van der Waals surface area contributed by atoms with Crippen LogP contribution in [0.25, 0.3) is 11.2 Å². The number of halogens is 3. The fraction of sp³-hybridized carbons (Fsp3) is 0.350. The molecule has 0 unspecified atom stereocenters. The minimum atomic E-state index is -4.49. The van der Waals surface area contributed by atoms with Crippen LogP contribution in [0.1, 0.15) is 35.6 Å². The van der Waals surface area contributed by atoms with Crippen molar-refractivity contribution in [3.63, 3.8) is 0 Å². The first-order valence-electron chi connectivity index (χ1n) is 9.16. The molecule has 8 heteroatoms. The highest BCUT2D eigenvalue weighted by Crippen LogP contribution is 2.32. The molecule has 0 spiro atoms. The Kier molecular flexibility index (Phi) is 4.89. The molecule has 1 aliphatic heterocycles. The summed E-state index contributed by atoms with van der Waals surface area (Å²) in [6.07, 6.45) is -0.930. The van der Waals surface area contributed by atoms with Crippen molar-refractivity contribution in [3.05, 3.63) is 69.8 Å². The highest BCUT2D eigenvalue weighted by atomic mass is 19.4. The maximum atomic E-state index is 13.3. The zero-order chi connectivity index (χ0) is 19.7. The number of nitrogens with one attached hydrogen (secondary N) is 1. The Balaban J connectivity index is 1.76. The van der Waals surface area contributed by atoms with Gasteiger partial charge in [0.1, 0.15) is 5.52 Å². The molecule has 0 aliphatic carbocycles. The Hall–Kier alpha value is -2.74. The van der Waals surface area contributed by atoms with Crippen LogP contribution < -0.4 is 10.9 Å². The van der Waals surface area contributed by atoms with Crippen LogP contribution >= 0.6 is 0 Å². The quantitative estimate of drug-likeness (QED) is 0.748. The van der Waals surface area contributed by atoms with Gasteiger partial charge in [0.2, 0.25) is 0 Å². The Morgan fingerprint density at radius 3 is 2.61 bits per heavy atom. The van der Waals surface area contributed by atoms with Crippen LogP contribution in [0.2, 0.25) is 0 Å². The van der Waals surface area contributed by atoms with Crippen molar-refractivity contribution in [2.45, 2.75) is 31.5 Å². The SMILES string of the molecule is O=c1ccc2nc(C3CCNCC3)cnc2n1Cc1ccccc1C(F)(F)F. The van der Waals surface area contributed by atoms with Gasteiger partial charge in [0.25, 0.3) is 5.56 Å². The van der Waals surface area contributed by atoms with Gasteiger partial charge in [-0.3, -0.25) is 9.36 Å². The zero-order valence-corrected chi connectivity index (χ0v) is 15.0. The Morgan fingerprint density at radius 2 is 1.86 bits per heavy atom. The number of hydrogen-bond acceptors (Lipinski definition) is 4. The number of alkyl halides is 3. The number of rotatable bonds is 3. The largest absolute Gasteiger partial charge is 0.416 e. The highest BCUT2D eigenvalue weighted by molar-refractivity contribution is 5.70. The molecule has 2 aromatic heterocycles. The van der Waals surface area contributed by atoms with Crippen molar-refractivity contribution in [2.75, 3.05) is 13.1 Å². The van der Waals surface area contributed by atoms with Gasteiger partial charge in [-0.25, -0.2) is 9.97 Å². The van der Waals surface area contributed by atoms with E-state index in [4.69, 9.17) is 0 Å². The molecule has 0 amide bonds. The monoisotopic (exact) mass is 388 g/mol. The van der Waals surface area contributed by atoms with Gasteiger partial charge < -0.3 is 5.32 Å². The molecule has 0 bridgehead atoms. The third kappa shape index (κ3) is 3.64. The van der Waals surface area contributed by atoms with Crippen LogP contribution in [0.4, 0.5) is 13.2 Å². The van der Waals surface area contributed by atoms with E-state index in [9.17, 15) is 18.0 Å². The van der Waals surface area contributed by atoms with Crippen molar-refractivity contribution >= 4 is 11.2 Å². The van der Waals surface area contributed by atoms with Gasteiger partial charge in [0, 0.05) is 12.0 Å². The standard InChI is InChI=1S/C20H19F3N4O/c21-20(22,23)15-4-2-1-3-14(15)12-27-18(28)6-5-16-19(27)25-11-17(26-16)13-7-9-24-10-8-13/h1-6,11,13,24H,7-10,12H2. The molecule has 1 aliphatic rings. The van der Waals surface area contributed by atoms with E-state index < -0.39 is 17.3 Å². The van der Waals surface area contributed by atoms with E-state index in [0.717, 1.165) is 37.7 Å².